The molecule has 2 aromatic rings. The highest BCUT2D eigenvalue weighted by atomic mass is 79.9. The minimum absolute atomic E-state index is 0.105. The molecule has 0 saturated carbocycles. The highest BCUT2D eigenvalue weighted by molar-refractivity contribution is 9.10. The molecule has 5 heteroatoms. The summed E-state index contributed by atoms with van der Waals surface area (Å²) in [6.07, 6.45) is 0.692. The minimum atomic E-state index is -0.995. The van der Waals surface area contributed by atoms with E-state index in [-0.39, 0.29) is 5.69 Å². The lowest BCUT2D eigenvalue weighted by atomic mass is 10.3. The zero-order valence-electron chi connectivity index (χ0n) is 8.07. The predicted octanol–water partition coefficient (Wildman–Crippen LogP) is 2.36. The van der Waals surface area contributed by atoms with Crippen molar-refractivity contribution in [1.82, 2.24) is 9.38 Å². The number of hydrogen-bond donors (Lipinski definition) is 1. The number of carbonyl (C=O) groups is 1. The average Bonchev–Trinajstić information content (AvgIpc) is 2.58. The average molecular weight is 269 g/mol. The highest BCUT2D eigenvalue weighted by Crippen LogP contribution is 2.20. The molecular weight excluding hydrogens is 260 g/mol. The molecule has 0 aliphatic heterocycles. The second-order valence-electron chi connectivity index (χ2n) is 3.10. The Kier molecular flexibility index (Phi) is 2.48. The molecule has 0 aliphatic rings. The third-order valence-corrected chi connectivity index (χ3v) is 2.82. The number of imidazole rings is 1. The summed E-state index contributed by atoms with van der Waals surface area (Å²) in [5, 5.41) is 8.99. The van der Waals surface area contributed by atoms with Crippen molar-refractivity contribution < 1.29 is 9.90 Å². The number of carboxylic acid groups (broad SMARTS) is 1. The van der Waals surface area contributed by atoms with Crippen LogP contribution in [0, 0.1) is 0 Å². The van der Waals surface area contributed by atoms with E-state index in [1.54, 1.807) is 12.1 Å². The molecule has 0 radical (unpaired) electrons. The van der Waals surface area contributed by atoms with Gasteiger partial charge >= 0.3 is 5.97 Å². The summed E-state index contributed by atoms with van der Waals surface area (Å²) in [5.41, 5.74) is 0.724. The van der Waals surface area contributed by atoms with E-state index >= 15 is 0 Å². The lowest BCUT2D eigenvalue weighted by Crippen LogP contribution is -1.97. The molecule has 2 aromatic heterocycles. The van der Waals surface area contributed by atoms with Crippen molar-refractivity contribution in [3.8, 4) is 0 Å². The van der Waals surface area contributed by atoms with E-state index in [1.807, 2.05) is 17.4 Å². The molecule has 0 spiro atoms. The van der Waals surface area contributed by atoms with Crippen LogP contribution >= 0.6 is 15.9 Å². The Bertz CT molecular complexity index is 533. The number of aromatic nitrogens is 2. The molecule has 4 nitrogen and oxygen atoms in total. The summed E-state index contributed by atoms with van der Waals surface area (Å²) in [4.78, 5) is 15.1. The number of carboxylic acids is 1. The van der Waals surface area contributed by atoms with Crippen molar-refractivity contribution in [3.05, 3.63) is 34.3 Å². The summed E-state index contributed by atoms with van der Waals surface area (Å²) in [6, 6.07) is 5.41. The molecule has 0 unspecified atom stereocenters. The first-order chi connectivity index (χ1) is 7.15. The second-order valence-corrected chi connectivity index (χ2v) is 3.92. The number of pyridine rings is 1. The van der Waals surface area contributed by atoms with Crippen molar-refractivity contribution in [2.75, 3.05) is 0 Å². The van der Waals surface area contributed by atoms with E-state index in [0.29, 0.717) is 11.9 Å². The Morgan fingerprint density at radius 1 is 1.60 bits per heavy atom. The van der Waals surface area contributed by atoms with Crippen molar-refractivity contribution >= 4 is 27.4 Å². The molecule has 15 heavy (non-hydrogen) atoms. The zero-order valence-corrected chi connectivity index (χ0v) is 9.65. The summed E-state index contributed by atoms with van der Waals surface area (Å²) >= 11 is 3.38. The predicted molar refractivity (Wildman–Crippen MR) is 59.2 cm³/mol. The Morgan fingerprint density at radius 3 is 2.93 bits per heavy atom. The summed E-state index contributed by atoms with van der Waals surface area (Å²) in [7, 11) is 0. The van der Waals surface area contributed by atoms with Crippen LogP contribution in [0.5, 0.6) is 0 Å². The van der Waals surface area contributed by atoms with Crippen molar-refractivity contribution in [2.24, 2.45) is 0 Å². The van der Waals surface area contributed by atoms with Gasteiger partial charge in [-0.25, -0.2) is 9.78 Å². The van der Waals surface area contributed by atoms with Crippen molar-refractivity contribution in [3.63, 3.8) is 0 Å². The Hall–Kier alpha value is -1.36. The van der Waals surface area contributed by atoms with Gasteiger partial charge in [-0.15, -0.1) is 0 Å². The SMILES string of the molecule is CCc1nc(C(=O)O)c2cccc(Br)n12. The molecular formula is C10H9BrN2O2. The van der Waals surface area contributed by atoms with Gasteiger partial charge in [-0.1, -0.05) is 13.0 Å². The third-order valence-electron chi connectivity index (χ3n) is 2.20. The lowest BCUT2D eigenvalue weighted by Gasteiger charge is -2.00. The first-order valence-electron chi connectivity index (χ1n) is 4.54. The number of halogens is 1. The van der Waals surface area contributed by atoms with Crippen LogP contribution in [0.25, 0.3) is 5.52 Å². The maximum absolute atomic E-state index is 11.0. The van der Waals surface area contributed by atoms with E-state index in [2.05, 4.69) is 20.9 Å². The minimum Gasteiger partial charge on any atom is -0.476 e. The van der Waals surface area contributed by atoms with Gasteiger partial charge in [0.25, 0.3) is 0 Å². The van der Waals surface area contributed by atoms with E-state index in [1.165, 1.54) is 0 Å². The lowest BCUT2D eigenvalue weighted by molar-refractivity contribution is 0.0693. The van der Waals surface area contributed by atoms with Crippen LogP contribution in [0.3, 0.4) is 0 Å². The third kappa shape index (κ3) is 1.52. The van der Waals surface area contributed by atoms with Crippen LogP contribution in [-0.2, 0) is 6.42 Å². The number of rotatable bonds is 2. The fraction of sp³-hybridized carbons (Fsp3) is 0.200. The van der Waals surface area contributed by atoms with Gasteiger partial charge in [0.15, 0.2) is 5.69 Å². The first-order valence-corrected chi connectivity index (χ1v) is 5.33. The monoisotopic (exact) mass is 268 g/mol. The molecule has 78 valence electrons. The number of aromatic carboxylic acids is 1. The molecule has 0 aliphatic carbocycles. The Labute approximate surface area is 94.7 Å². The number of nitrogens with zero attached hydrogens (tertiary/aromatic N) is 2. The van der Waals surface area contributed by atoms with Gasteiger partial charge in [0.1, 0.15) is 5.82 Å². The van der Waals surface area contributed by atoms with Crippen LogP contribution in [0.15, 0.2) is 22.8 Å². The van der Waals surface area contributed by atoms with Crippen LogP contribution in [0.2, 0.25) is 0 Å². The van der Waals surface area contributed by atoms with Gasteiger partial charge in [0, 0.05) is 6.42 Å². The molecule has 2 rings (SSSR count). The van der Waals surface area contributed by atoms with Gasteiger partial charge in [-0.05, 0) is 28.1 Å². The summed E-state index contributed by atoms with van der Waals surface area (Å²) in [5.74, 6) is -0.250. The van der Waals surface area contributed by atoms with Crippen LogP contribution < -0.4 is 0 Å². The molecule has 0 amide bonds. The summed E-state index contributed by atoms with van der Waals surface area (Å²) < 4.78 is 2.63. The van der Waals surface area contributed by atoms with Gasteiger partial charge in [-0.2, -0.15) is 0 Å². The topological polar surface area (TPSA) is 54.6 Å². The van der Waals surface area contributed by atoms with E-state index < -0.39 is 5.97 Å². The zero-order chi connectivity index (χ0) is 11.0. The summed E-state index contributed by atoms with van der Waals surface area (Å²) in [6.45, 7) is 1.94. The fourth-order valence-electron chi connectivity index (χ4n) is 1.56. The molecule has 0 fully saturated rings. The van der Waals surface area contributed by atoms with Crippen LogP contribution in [0.4, 0.5) is 0 Å². The standard InChI is InChI=1S/C10H9BrN2O2/c1-2-8-12-9(10(14)15)6-4-3-5-7(11)13(6)8/h3-5H,2H2,1H3,(H,14,15). The molecule has 0 aromatic carbocycles. The van der Waals surface area contributed by atoms with E-state index in [0.717, 1.165) is 10.4 Å². The largest absolute Gasteiger partial charge is 0.476 e. The van der Waals surface area contributed by atoms with Crippen molar-refractivity contribution in [1.29, 1.82) is 0 Å². The van der Waals surface area contributed by atoms with Gasteiger partial charge in [0.2, 0.25) is 0 Å². The Balaban J connectivity index is 2.87. The molecule has 1 N–H and O–H groups in total. The maximum Gasteiger partial charge on any atom is 0.356 e. The normalized spacial score (nSPS) is 10.8. The number of hydrogen-bond acceptors (Lipinski definition) is 2. The number of aryl methyl sites for hydroxylation is 1. The second kappa shape index (κ2) is 3.66. The highest BCUT2D eigenvalue weighted by Gasteiger charge is 2.16. The molecule has 2 heterocycles. The fourth-order valence-corrected chi connectivity index (χ4v) is 2.11. The van der Waals surface area contributed by atoms with Gasteiger partial charge in [-0.3, -0.25) is 4.40 Å². The van der Waals surface area contributed by atoms with Crippen molar-refractivity contribution in [2.45, 2.75) is 13.3 Å². The van der Waals surface area contributed by atoms with Gasteiger partial charge < -0.3 is 5.11 Å². The maximum atomic E-state index is 11.0. The molecule has 0 saturated heterocycles. The molecule has 0 bridgehead atoms. The first kappa shape index (κ1) is 10.2. The van der Waals surface area contributed by atoms with E-state index in [4.69, 9.17) is 5.11 Å². The number of fused-ring (bicyclic) bond motifs is 1. The molecule has 0 atom stereocenters. The van der Waals surface area contributed by atoms with E-state index in [9.17, 15) is 4.79 Å². The Morgan fingerprint density at radius 2 is 2.33 bits per heavy atom. The quantitative estimate of drug-likeness (QED) is 0.851. The van der Waals surface area contributed by atoms with Crippen LogP contribution in [0.1, 0.15) is 23.2 Å². The van der Waals surface area contributed by atoms with Crippen LogP contribution in [-0.4, -0.2) is 20.5 Å². The smallest absolute Gasteiger partial charge is 0.356 e. The van der Waals surface area contributed by atoms with Gasteiger partial charge in [0.05, 0.1) is 10.1 Å².